The molecule has 12 heavy (non-hydrogen) atoms. The molecule has 0 aliphatic heterocycles. The molecule has 1 heterocycles. The molecule has 0 aliphatic rings. The fourth-order valence-corrected chi connectivity index (χ4v) is 0.892. The molecule has 4 heteroatoms. The van der Waals surface area contributed by atoms with E-state index in [2.05, 4.69) is 5.32 Å². The maximum absolute atomic E-state index is 10.4. The summed E-state index contributed by atoms with van der Waals surface area (Å²) in [7, 11) is 0. The average molecular weight is 168 g/mol. The van der Waals surface area contributed by atoms with Gasteiger partial charge in [-0.2, -0.15) is 0 Å². The number of carbonyl (C=O) groups excluding carboxylic acids is 1. The van der Waals surface area contributed by atoms with E-state index in [-0.39, 0.29) is 18.5 Å². The molecule has 1 unspecified atom stereocenters. The first-order valence-corrected chi connectivity index (χ1v) is 3.75. The van der Waals surface area contributed by atoms with Crippen LogP contribution in [0.15, 0.2) is 22.8 Å². The Morgan fingerprint density at radius 3 is 3.08 bits per heavy atom. The van der Waals surface area contributed by atoms with E-state index in [1.807, 2.05) is 13.0 Å². The molecule has 0 radical (unpaired) electrons. The van der Waals surface area contributed by atoms with Crippen molar-refractivity contribution >= 4 is 5.91 Å². The molecule has 3 N–H and O–H groups in total. The molecule has 0 aromatic carbocycles. The lowest BCUT2D eigenvalue weighted by Gasteiger charge is -2.08. The summed E-state index contributed by atoms with van der Waals surface area (Å²) in [6.07, 6.45) is 1.60. The molecule has 66 valence electrons. The van der Waals surface area contributed by atoms with Crippen molar-refractivity contribution in [1.29, 1.82) is 0 Å². The Bertz CT molecular complexity index is 244. The van der Waals surface area contributed by atoms with E-state index in [9.17, 15) is 4.79 Å². The van der Waals surface area contributed by atoms with Crippen LogP contribution in [0.1, 0.15) is 18.7 Å². The summed E-state index contributed by atoms with van der Waals surface area (Å²) in [6.45, 7) is 2.07. The van der Waals surface area contributed by atoms with Crippen molar-refractivity contribution < 1.29 is 9.21 Å². The first-order chi connectivity index (χ1) is 5.70. The van der Waals surface area contributed by atoms with Gasteiger partial charge in [-0.05, 0) is 19.1 Å². The van der Waals surface area contributed by atoms with E-state index in [1.165, 1.54) is 0 Å². The minimum atomic E-state index is -0.367. The van der Waals surface area contributed by atoms with E-state index >= 15 is 0 Å². The van der Waals surface area contributed by atoms with Crippen molar-refractivity contribution in [3.05, 3.63) is 24.2 Å². The molecule has 0 saturated carbocycles. The molecule has 1 aromatic rings. The summed E-state index contributed by atoms with van der Waals surface area (Å²) >= 11 is 0. The summed E-state index contributed by atoms with van der Waals surface area (Å²) in [5.74, 6) is 0.435. The minimum absolute atomic E-state index is 0.0208. The Morgan fingerprint density at radius 2 is 2.58 bits per heavy atom. The lowest BCUT2D eigenvalue weighted by Crippen LogP contribution is -2.30. The van der Waals surface area contributed by atoms with Gasteiger partial charge in [-0.25, -0.2) is 0 Å². The summed E-state index contributed by atoms with van der Waals surface area (Å²) in [5.41, 5.74) is 4.96. The molecule has 1 rings (SSSR count). The molecule has 0 spiro atoms. The minimum Gasteiger partial charge on any atom is -0.468 e. The summed E-state index contributed by atoms with van der Waals surface area (Å²) in [6, 6.07) is 3.67. The highest BCUT2D eigenvalue weighted by atomic mass is 16.3. The Morgan fingerprint density at radius 1 is 1.83 bits per heavy atom. The van der Waals surface area contributed by atoms with Crippen molar-refractivity contribution in [2.75, 3.05) is 6.54 Å². The largest absolute Gasteiger partial charge is 0.468 e. The smallest absolute Gasteiger partial charge is 0.231 e. The Balaban J connectivity index is 2.39. The predicted molar refractivity (Wildman–Crippen MR) is 44.3 cm³/mol. The van der Waals surface area contributed by atoms with Crippen LogP contribution in [0.3, 0.4) is 0 Å². The monoisotopic (exact) mass is 168 g/mol. The van der Waals surface area contributed by atoms with Gasteiger partial charge in [0.25, 0.3) is 0 Å². The quantitative estimate of drug-likeness (QED) is 0.684. The SMILES string of the molecule is CC(NCC(N)=O)c1ccco1. The van der Waals surface area contributed by atoms with Crippen molar-refractivity contribution in [3.8, 4) is 0 Å². The molecule has 1 amide bonds. The Labute approximate surface area is 70.7 Å². The van der Waals surface area contributed by atoms with Crippen LogP contribution >= 0.6 is 0 Å². The van der Waals surface area contributed by atoms with Gasteiger partial charge in [0.05, 0.1) is 18.8 Å². The van der Waals surface area contributed by atoms with Gasteiger partial charge < -0.3 is 10.2 Å². The highest BCUT2D eigenvalue weighted by molar-refractivity contribution is 5.75. The zero-order valence-electron chi connectivity index (χ0n) is 6.91. The first-order valence-electron chi connectivity index (χ1n) is 3.75. The number of hydrogen-bond donors (Lipinski definition) is 2. The zero-order chi connectivity index (χ0) is 8.97. The summed E-state index contributed by atoms with van der Waals surface area (Å²) in [5, 5.41) is 2.92. The lowest BCUT2D eigenvalue weighted by atomic mass is 10.2. The van der Waals surface area contributed by atoms with Crippen LogP contribution in [0.2, 0.25) is 0 Å². The average Bonchev–Trinajstić information content (AvgIpc) is 2.51. The van der Waals surface area contributed by atoms with Crippen LogP contribution in [-0.4, -0.2) is 12.5 Å². The molecule has 0 fully saturated rings. The molecule has 4 nitrogen and oxygen atoms in total. The van der Waals surface area contributed by atoms with Crippen LogP contribution in [0, 0.1) is 0 Å². The number of carbonyl (C=O) groups is 1. The van der Waals surface area contributed by atoms with Gasteiger partial charge in [0.1, 0.15) is 5.76 Å². The second-order valence-corrected chi connectivity index (χ2v) is 2.58. The number of furan rings is 1. The topological polar surface area (TPSA) is 68.3 Å². The molecule has 0 bridgehead atoms. The van der Waals surface area contributed by atoms with Gasteiger partial charge in [0.15, 0.2) is 0 Å². The number of amides is 1. The maximum Gasteiger partial charge on any atom is 0.231 e. The normalized spacial score (nSPS) is 12.8. The van der Waals surface area contributed by atoms with E-state index in [0.717, 1.165) is 5.76 Å². The number of rotatable bonds is 4. The van der Waals surface area contributed by atoms with Crippen LogP contribution < -0.4 is 11.1 Å². The first kappa shape index (κ1) is 8.80. The van der Waals surface area contributed by atoms with Crippen LogP contribution in [0.5, 0.6) is 0 Å². The third-order valence-corrected chi connectivity index (χ3v) is 1.55. The van der Waals surface area contributed by atoms with Crippen molar-refractivity contribution in [3.63, 3.8) is 0 Å². The standard InChI is InChI=1S/C8H12N2O2/c1-6(10-5-8(9)11)7-3-2-4-12-7/h2-4,6,10H,5H2,1H3,(H2,9,11). The van der Waals surface area contributed by atoms with E-state index < -0.39 is 0 Å². The van der Waals surface area contributed by atoms with E-state index in [4.69, 9.17) is 10.2 Å². The molecular weight excluding hydrogens is 156 g/mol. The van der Waals surface area contributed by atoms with Crippen molar-refractivity contribution in [2.45, 2.75) is 13.0 Å². The third-order valence-electron chi connectivity index (χ3n) is 1.55. The summed E-state index contributed by atoms with van der Waals surface area (Å²) in [4.78, 5) is 10.4. The molecule has 0 aliphatic carbocycles. The zero-order valence-corrected chi connectivity index (χ0v) is 6.91. The number of nitrogens with two attached hydrogens (primary N) is 1. The van der Waals surface area contributed by atoms with Crippen LogP contribution in [0.25, 0.3) is 0 Å². The molecular formula is C8H12N2O2. The fraction of sp³-hybridized carbons (Fsp3) is 0.375. The molecule has 1 atom stereocenters. The van der Waals surface area contributed by atoms with Crippen LogP contribution in [-0.2, 0) is 4.79 Å². The van der Waals surface area contributed by atoms with Gasteiger partial charge in [0, 0.05) is 0 Å². The Kier molecular flexibility index (Phi) is 2.88. The van der Waals surface area contributed by atoms with Crippen LogP contribution in [0.4, 0.5) is 0 Å². The maximum atomic E-state index is 10.4. The molecule has 1 aromatic heterocycles. The number of hydrogen-bond acceptors (Lipinski definition) is 3. The van der Waals surface area contributed by atoms with Crippen molar-refractivity contribution in [1.82, 2.24) is 5.32 Å². The van der Waals surface area contributed by atoms with E-state index in [1.54, 1.807) is 12.3 Å². The lowest BCUT2D eigenvalue weighted by molar-refractivity contribution is -0.117. The predicted octanol–water partition coefficient (Wildman–Crippen LogP) is 0.416. The fourth-order valence-electron chi connectivity index (χ4n) is 0.892. The van der Waals surface area contributed by atoms with Gasteiger partial charge in [-0.3, -0.25) is 10.1 Å². The van der Waals surface area contributed by atoms with Gasteiger partial charge in [-0.1, -0.05) is 0 Å². The highest BCUT2D eigenvalue weighted by Gasteiger charge is 2.07. The third kappa shape index (κ3) is 2.39. The van der Waals surface area contributed by atoms with E-state index in [0.29, 0.717) is 0 Å². The van der Waals surface area contributed by atoms with Gasteiger partial charge in [0.2, 0.25) is 5.91 Å². The second kappa shape index (κ2) is 3.92. The summed E-state index contributed by atoms with van der Waals surface area (Å²) < 4.78 is 5.11. The van der Waals surface area contributed by atoms with Gasteiger partial charge in [-0.15, -0.1) is 0 Å². The number of nitrogens with one attached hydrogen (secondary N) is 1. The Hall–Kier alpha value is -1.29. The highest BCUT2D eigenvalue weighted by Crippen LogP contribution is 2.11. The van der Waals surface area contributed by atoms with Gasteiger partial charge >= 0.3 is 0 Å². The number of primary amides is 1. The second-order valence-electron chi connectivity index (χ2n) is 2.58. The van der Waals surface area contributed by atoms with Crippen molar-refractivity contribution in [2.24, 2.45) is 5.73 Å². The molecule has 0 saturated heterocycles.